The van der Waals surface area contributed by atoms with E-state index in [2.05, 4.69) is 30.4 Å². The highest BCUT2D eigenvalue weighted by atomic mass is 35.5. The number of hydrazone groups is 1. The largest absolute Gasteiger partial charge is 0.483 e. The fraction of sp³-hybridized carbons (Fsp3) is 0.167. The van der Waals surface area contributed by atoms with Gasteiger partial charge in [0.15, 0.2) is 6.61 Å². The van der Waals surface area contributed by atoms with Crippen LogP contribution in [0.4, 0.5) is 0 Å². The Morgan fingerprint density at radius 3 is 2.51 bits per heavy atom. The lowest BCUT2D eigenvalue weighted by Crippen LogP contribution is -2.24. The van der Waals surface area contributed by atoms with E-state index in [9.17, 15) is 9.59 Å². The molecule has 1 N–H and O–H groups in total. The van der Waals surface area contributed by atoms with Crippen LogP contribution in [-0.4, -0.2) is 24.7 Å². The number of halogens is 1. The van der Waals surface area contributed by atoms with E-state index in [1.54, 1.807) is 30.3 Å². The first-order chi connectivity index (χ1) is 17.8. The topological polar surface area (TPSA) is 77.0 Å². The zero-order valence-electron chi connectivity index (χ0n) is 20.8. The lowest BCUT2D eigenvalue weighted by molar-refractivity contribution is -0.123. The van der Waals surface area contributed by atoms with Crippen LogP contribution in [0.2, 0.25) is 5.02 Å². The molecule has 0 heterocycles. The quantitative estimate of drug-likeness (QED) is 0.123. The summed E-state index contributed by atoms with van der Waals surface area (Å²) >= 11 is 6.16. The molecule has 188 valence electrons. The number of hydrogen-bond donors (Lipinski definition) is 1. The highest BCUT2D eigenvalue weighted by Gasteiger charge is 2.16. The molecule has 0 aromatic heterocycles. The normalized spacial score (nSPS) is 11.2. The molecule has 0 spiro atoms. The van der Waals surface area contributed by atoms with Crippen molar-refractivity contribution in [3.63, 3.8) is 0 Å². The van der Waals surface area contributed by atoms with Gasteiger partial charge in [0.05, 0.1) is 16.8 Å². The van der Waals surface area contributed by atoms with Crippen molar-refractivity contribution in [3.8, 4) is 11.5 Å². The van der Waals surface area contributed by atoms with Gasteiger partial charge in [0, 0.05) is 5.56 Å². The monoisotopic (exact) mass is 514 g/mol. The molecule has 7 heteroatoms. The smallest absolute Gasteiger partial charge is 0.345 e. The van der Waals surface area contributed by atoms with Crippen LogP contribution in [0.3, 0.4) is 0 Å². The molecule has 37 heavy (non-hydrogen) atoms. The summed E-state index contributed by atoms with van der Waals surface area (Å²) in [5, 5.41) is 6.14. The molecule has 4 aromatic rings. The van der Waals surface area contributed by atoms with Gasteiger partial charge in [0.1, 0.15) is 11.5 Å². The van der Waals surface area contributed by atoms with Crippen molar-refractivity contribution in [1.82, 2.24) is 5.43 Å². The Labute approximate surface area is 220 Å². The van der Waals surface area contributed by atoms with Crippen LogP contribution >= 0.6 is 11.6 Å². The maximum absolute atomic E-state index is 12.8. The molecule has 0 fully saturated rings. The second-order valence-corrected chi connectivity index (χ2v) is 9.24. The number of hydrogen-bond acceptors (Lipinski definition) is 5. The SMILES string of the molecule is Cc1ccc(C(C)C)cc1OCC(=O)N/N=C\c1c(OC(=O)c2ccccc2Cl)ccc2ccccc12. The molecule has 1 amide bonds. The number of ether oxygens (including phenoxy) is 2. The van der Waals surface area contributed by atoms with E-state index in [-0.39, 0.29) is 12.2 Å². The number of nitrogens with zero attached hydrogens (tertiary/aromatic N) is 1. The molecule has 0 unspecified atom stereocenters. The number of rotatable bonds is 8. The van der Waals surface area contributed by atoms with E-state index in [1.807, 2.05) is 49.4 Å². The van der Waals surface area contributed by atoms with E-state index in [4.69, 9.17) is 21.1 Å². The number of benzene rings is 4. The molecule has 4 aromatic carbocycles. The van der Waals surface area contributed by atoms with Crippen LogP contribution in [0, 0.1) is 6.92 Å². The predicted molar refractivity (Wildman–Crippen MR) is 147 cm³/mol. The molecule has 4 rings (SSSR count). The number of nitrogens with one attached hydrogen (secondary N) is 1. The van der Waals surface area contributed by atoms with Crippen LogP contribution in [-0.2, 0) is 4.79 Å². The Balaban J connectivity index is 1.50. The van der Waals surface area contributed by atoms with Crippen molar-refractivity contribution in [2.75, 3.05) is 6.61 Å². The van der Waals surface area contributed by atoms with Crippen LogP contribution in [0.15, 0.2) is 84.0 Å². The molecule has 0 aliphatic carbocycles. The first kappa shape index (κ1) is 25.9. The molecular formula is C30H27ClN2O4. The van der Waals surface area contributed by atoms with Crippen LogP contribution < -0.4 is 14.9 Å². The molecule has 0 atom stereocenters. The summed E-state index contributed by atoms with van der Waals surface area (Å²) < 4.78 is 11.4. The maximum atomic E-state index is 12.8. The third kappa shape index (κ3) is 6.35. The first-order valence-corrected chi connectivity index (χ1v) is 12.2. The lowest BCUT2D eigenvalue weighted by atomic mass is 10.0. The summed E-state index contributed by atoms with van der Waals surface area (Å²) in [6, 6.07) is 23.8. The third-order valence-corrected chi connectivity index (χ3v) is 6.18. The third-order valence-electron chi connectivity index (χ3n) is 5.85. The fourth-order valence-electron chi connectivity index (χ4n) is 3.76. The first-order valence-electron chi connectivity index (χ1n) is 11.9. The predicted octanol–water partition coefficient (Wildman–Crippen LogP) is 6.67. The van der Waals surface area contributed by atoms with Crippen molar-refractivity contribution in [1.29, 1.82) is 0 Å². The molecule has 0 aliphatic rings. The van der Waals surface area contributed by atoms with Crippen molar-refractivity contribution in [3.05, 3.63) is 106 Å². The molecule has 0 radical (unpaired) electrons. The Morgan fingerprint density at radius 1 is 0.973 bits per heavy atom. The van der Waals surface area contributed by atoms with Crippen LogP contribution in [0.5, 0.6) is 11.5 Å². The van der Waals surface area contributed by atoms with Gasteiger partial charge in [0.2, 0.25) is 0 Å². The minimum Gasteiger partial charge on any atom is -0.483 e. The minimum absolute atomic E-state index is 0.191. The number of amides is 1. The van der Waals surface area contributed by atoms with Gasteiger partial charge in [-0.2, -0.15) is 5.10 Å². The van der Waals surface area contributed by atoms with E-state index in [0.717, 1.165) is 21.9 Å². The Hall–Kier alpha value is -4.16. The molecule has 6 nitrogen and oxygen atoms in total. The van der Waals surface area contributed by atoms with Gasteiger partial charge in [-0.15, -0.1) is 0 Å². The molecule has 0 bridgehead atoms. The Morgan fingerprint density at radius 2 is 1.73 bits per heavy atom. The average molecular weight is 515 g/mol. The summed E-state index contributed by atoms with van der Waals surface area (Å²) in [7, 11) is 0. The molecular weight excluding hydrogens is 488 g/mol. The van der Waals surface area contributed by atoms with E-state index in [1.165, 1.54) is 6.21 Å². The summed E-state index contributed by atoms with van der Waals surface area (Å²) in [5.74, 6) is 0.294. The zero-order valence-corrected chi connectivity index (χ0v) is 21.6. The van der Waals surface area contributed by atoms with Gasteiger partial charge in [-0.25, -0.2) is 10.2 Å². The van der Waals surface area contributed by atoms with E-state index >= 15 is 0 Å². The van der Waals surface area contributed by atoms with Gasteiger partial charge < -0.3 is 9.47 Å². The van der Waals surface area contributed by atoms with Gasteiger partial charge >= 0.3 is 5.97 Å². The molecule has 0 aliphatic heterocycles. The second-order valence-electron chi connectivity index (χ2n) is 8.83. The van der Waals surface area contributed by atoms with E-state index < -0.39 is 11.9 Å². The molecule has 0 saturated carbocycles. The number of carbonyl (C=O) groups is 2. The number of carbonyl (C=O) groups excluding carboxylic acids is 2. The maximum Gasteiger partial charge on any atom is 0.345 e. The fourth-order valence-corrected chi connectivity index (χ4v) is 3.97. The Bertz CT molecular complexity index is 1480. The van der Waals surface area contributed by atoms with Crippen molar-refractivity contribution >= 4 is 40.5 Å². The average Bonchev–Trinajstić information content (AvgIpc) is 2.89. The van der Waals surface area contributed by atoms with E-state index in [0.29, 0.717) is 28.0 Å². The number of aryl methyl sites for hydroxylation is 1. The van der Waals surface area contributed by atoms with Gasteiger partial charge in [-0.05, 0) is 59.0 Å². The summed E-state index contributed by atoms with van der Waals surface area (Å²) in [5.41, 5.74) is 5.36. The molecule has 0 saturated heterocycles. The second kappa shape index (κ2) is 11.7. The number of esters is 1. The zero-order chi connectivity index (χ0) is 26.4. The van der Waals surface area contributed by atoms with Gasteiger partial charge in [0.25, 0.3) is 5.91 Å². The highest BCUT2D eigenvalue weighted by molar-refractivity contribution is 6.33. The Kier molecular flexibility index (Phi) is 8.21. The summed E-state index contributed by atoms with van der Waals surface area (Å²) in [4.78, 5) is 25.2. The van der Waals surface area contributed by atoms with Gasteiger partial charge in [-0.1, -0.05) is 80.0 Å². The van der Waals surface area contributed by atoms with Crippen molar-refractivity contribution < 1.29 is 19.1 Å². The highest BCUT2D eigenvalue weighted by Crippen LogP contribution is 2.28. The lowest BCUT2D eigenvalue weighted by Gasteiger charge is -2.12. The van der Waals surface area contributed by atoms with Gasteiger partial charge in [-0.3, -0.25) is 4.79 Å². The number of fused-ring (bicyclic) bond motifs is 1. The standard InChI is InChI=1S/C30H27ClN2O4/c1-19(2)22-13-12-20(3)28(16-22)36-18-29(34)33-32-17-25-23-9-5-4-8-21(23)14-15-27(25)37-30(35)24-10-6-7-11-26(24)31/h4-17,19H,18H2,1-3H3,(H,33,34)/b32-17-. The van der Waals surface area contributed by atoms with Crippen molar-refractivity contribution in [2.24, 2.45) is 5.10 Å². The summed E-state index contributed by atoms with van der Waals surface area (Å²) in [6.07, 6.45) is 1.46. The van der Waals surface area contributed by atoms with Crippen molar-refractivity contribution in [2.45, 2.75) is 26.7 Å². The summed E-state index contributed by atoms with van der Waals surface area (Å²) in [6.45, 7) is 5.94. The van der Waals surface area contributed by atoms with Crippen LogP contribution in [0.1, 0.15) is 46.8 Å². The van der Waals surface area contributed by atoms with Crippen LogP contribution in [0.25, 0.3) is 10.8 Å². The minimum atomic E-state index is -0.591.